The standard InChI is InChI=1S/C21H22N2O2.C7H4N2O8/c24-18-10-16-19-13-9-17-21(6-7-22(17)11-12(13)5-8-25-16)14-3-1-2-4-15(14)23(18)20(19)21;10-6-4(7(11)12)1-3(8(13)14)2-5(6)9(15)16-17-9/h1-5,13,16-17,19-20H,6-11H2;1-2,10H,(H,11,12)/t13-,16-,17-,19-,20-,21+;/m0./s1. The number of rotatable bonds is 3. The maximum absolute atomic E-state index is 13.2. The predicted octanol–water partition coefficient (Wildman–Crippen LogP) is 0.639. The smallest absolute Gasteiger partial charge is 0.335 e. The fourth-order valence-electron chi connectivity index (χ4n) is 8.91. The highest BCUT2D eigenvalue weighted by molar-refractivity contribution is 5.99. The van der Waals surface area contributed by atoms with Crippen molar-refractivity contribution in [3.05, 3.63) is 74.5 Å². The first kappa shape index (κ1) is 25.8. The van der Waals surface area contributed by atoms with Crippen molar-refractivity contribution in [2.45, 2.75) is 42.9 Å². The zero-order valence-electron chi connectivity index (χ0n) is 22.1. The minimum atomic E-state index is -1.99. The lowest BCUT2D eigenvalue weighted by Crippen LogP contribution is -3.16. The number of nitro groups is 1. The van der Waals surface area contributed by atoms with Gasteiger partial charge in [-0.2, -0.15) is 0 Å². The van der Waals surface area contributed by atoms with Gasteiger partial charge in [-0.1, -0.05) is 24.3 Å². The monoisotopic (exact) mass is 578 g/mol. The van der Waals surface area contributed by atoms with Crippen LogP contribution in [0.5, 0.6) is 5.75 Å². The number of nitro benzene ring substituents is 1. The number of carbonyl (C=O) groups is 2. The highest BCUT2D eigenvalue weighted by atomic mass is 17.7. The van der Waals surface area contributed by atoms with Gasteiger partial charge in [-0.25, -0.2) is 4.79 Å². The van der Waals surface area contributed by atoms with Crippen molar-refractivity contribution in [1.82, 2.24) is 4.97 Å². The fourth-order valence-corrected chi connectivity index (χ4v) is 8.91. The van der Waals surface area contributed by atoms with E-state index in [1.165, 1.54) is 37.2 Å². The average molecular weight is 579 g/mol. The van der Waals surface area contributed by atoms with Gasteiger partial charge in [0.25, 0.3) is 5.69 Å². The number of quaternary nitrogens is 2. The van der Waals surface area contributed by atoms with E-state index in [0.717, 1.165) is 0 Å². The molecule has 1 saturated carbocycles. The van der Waals surface area contributed by atoms with E-state index in [4.69, 9.17) is 9.84 Å². The molecule has 2 bridgehead atoms. The molecule has 5 fully saturated rings. The average Bonchev–Trinajstić information content (AvgIpc) is 3.53. The highest BCUT2D eigenvalue weighted by Crippen LogP contribution is 2.62. The number of carboxylic acids is 1. The summed E-state index contributed by atoms with van der Waals surface area (Å²) in [5, 5.41) is 41.9. The number of anilines is 1. The first-order chi connectivity index (χ1) is 20.1. The predicted molar refractivity (Wildman–Crippen MR) is 139 cm³/mol. The molecule has 2 aromatic rings. The molecule has 1 unspecified atom stereocenters. The van der Waals surface area contributed by atoms with E-state index in [-0.39, 0.29) is 17.4 Å². The summed E-state index contributed by atoms with van der Waals surface area (Å²) >= 11 is 0. The van der Waals surface area contributed by atoms with Gasteiger partial charge in [0.15, 0.2) is 0 Å². The van der Waals surface area contributed by atoms with Crippen LogP contribution in [0.1, 0.15) is 35.2 Å². The third kappa shape index (κ3) is 3.30. The van der Waals surface area contributed by atoms with Crippen molar-refractivity contribution in [3.8, 4) is 5.75 Å². The Morgan fingerprint density at radius 3 is 2.76 bits per heavy atom. The Morgan fingerprint density at radius 1 is 1.24 bits per heavy atom. The summed E-state index contributed by atoms with van der Waals surface area (Å²) in [6.07, 6.45) is 5.54. The first-order valence-corrected chi connectivity index (χ1v) is 13.9. The summed E-state index contributed by atoms with van der Waals surface area (Å²) < 4.78 is 6.26. The SMILES string of the molecule is O=C(O)c1cc([N+](=O)[O-])cc([N+]2([O-])OO2)c1[O-].O=C1C[C@@H]2OCC=C3C[NH+]4CC[C@]56c7ccccc7N1[C@H]5[C@H]2[C@H]3C[C@H]46. The number of amides is 1. The van der Waals surface area contributed by atoms with Gasteiger partial charge in [0.05, 0.1) is 70.2 Å². The summed E-state index contributed by atoms with van der Waals surface area (Å²) in [6, 6.07) is 11.0. The second-order valence-electron chi connectivity index (χ2n) is 12.0. The van der Waals surface area contributed by atoms with Crippen molar-refractivity contribution >= 4 is 28.9 Å². The molecule has 1 amide bonds. The molecule has 14 nitrogen and oxygen atoms in total. The maximum atomic E-state index is 13.2. The second kappa shape index (κ2) is 8.56. The van der Waals surface area contributed by atoms with E-state index < -0.39 is 38.6 Å². The Bertz CT molecular complexity index is 1610. The van der Waals surface area contributed by atoms with Crippen LogP contribution in [-0.2, 0) is 24.9 Å². The van der Waals surface area contributed by atoms with Gasteiger partial charge >= 0.3 is 5.97 Å². The molecular weight excluding hydrogens is 552 g/mol. The largest absolute Gasteiger partial charge is 0.868 e. The lowest BCUT2D eigenvalue weighted by molar-refractivity contribution is -0.916. The van der Waals surface area contributed by atoms with Crippen LogP contribution in [0, 0.1) is 27.2 Å². The Kier molecular flexibility index (Phi) is 5.25. The Balaban J connectivity index is 0.000000138. The van der Waals surface area contributed by atoms with Gasteiger partial charge in [0, 0.05) is 35.5 Å². The van der Waals surface area contributed by atoms with E-state index >= 15 is 0 Å². The van der Waals surface area contributed by atoms with E-state index in [9.17, 15) is 30.0 Å². The third-order valence-corrected chi connectivity index (χ3v) is 10.4. The van der Waals surface area contributed by atoms with E-state index in [1.54, 1.807) is 10.5 Å². The van der Waals surface area contributed by atoms with Crippen LogP contribution in [0.25, 0.3) is 0 Å². The minimum Gasteiger partial charge on any atom is -0.868 e. The first-order valence-electron chi connectivity index (χ1n) is 13.9. The lowest BCUT2D eigenvalue weighted by Gasteiger charge is -2.56. The Labute approximate surface area is 238 Å². The number of fused-ring (bicyclic) bond motifs is 2. The number of para-hydroxylation sites is 1. The van der Waals surface area contributed by atoms with Gasteiger partial charge in [-0.3, -0.25) is 14.9 Å². The molecule has 2 N–H and O–H groups in total. The summed E-state index contributed by atoms with van der Waals surface area (Å²) in [5.74, 6) is -1.49. The number of carbonyl (C=O) groups excluding carboxylic acids is 1. The number of aromatic carboxylic acids is 1. The van der Waals surface area contributed by atoms with Crippen LogP contribution in [0.3, 0.4) is 0 Å². The van der Waals surface area contributed by atoms with E-state index in [0.29, 0.717) is 49.1 Å². The molecular formula is C28H26N4O10. The number of carboxylic acid groups (broad SMARTS) is 1. The van der Waals surface area contributed by atoms with Crippen molar-refractivity contribution in [3.63, 3.8) is 0 Å². The van der Waals surface area contributed by atoms with Crippen LogP contribution < -0.4 is 19.9 Å². The molecule has 6 aliphatic heterocycles. The number of ether oxygens (including phenoxy) is 1. The third-order valence-electron chi connectivity index (χ3n) is 10.4. The molecule has 7 aliphatic rings. The summed E-state index contributed by atoms with van der Waals surface area (Å²) in [6.45, 7) is 3.15. The molecule has 0 radical (unpaired) electrons. The zero-order chi connectivity index (χ0) is 29.1. The van der Waals surface area contributed by atoms with Crippen LogP contribution in [0.15, 0.2) is 48.0 Å². The zero-order valence-corrected chi connectivity index (χ0v) is 22.1. The molecule has 1 spiro atoms. The van der Waals surface area contributed by atoms with E-state index in [2.05, 4.69) is 45.2 Å². The fraction of sp³-hybridized carbons (Fsp3) is 0.429. The second-order valence-corrected chi connectivity index (χ2v) is 12.0. The molecule has 42 heavy (non-hydrogen) atoms. The number of hydrogen-bond donors (Lipinski definition) is 2. The van der Waals surface area contributed by atoms with Gasteiger partial charge in [-0.15, -0.1) is 0 Å². The highest BCUT2D eigenvalue weighted by Gasteiger charge is 2.73. The normalized spacial score (nSPS) is 35.3. The van der Waals surface area contributed by atoms with Gasteiger partial charge < -0.3 is 30.0 Å². The molecule has 14 heteroatoms. The summed E-state index contributed by atoms with van der Waals surface area (Å²) in [4.78, 5) is 43.2. The van der Waals surface area contributed by atoms with E-state index in [1.807, 2.05) is 0 Å². The summed E-state index contributed by atoms with van der Waals surface area (Å²) in [7, 11) is 0. The maximum Gasteiger partial charge on any atom is 0.335 e. The number of hydrogen-bond acceptors (Lipinski definition) is 9. The molecule has 1 aliphatic carbocycles. The summed E-state index contributed by atoms with van der Waals surface area (Å²) in [5.41, 5.74) is 2.02. The Hall–Kier alpha value is -3.92. The Morgan fingerprint density at radius 2 is 2.02 bits per heavy atom. The number of non-ortho nitro benzene ring substituents is 1. The lowest BCUT2D eigenvalue weighted by atomic mass is 9.53. The van der Waals surface area contributed by atoms with Crippen molar-refractivity contribution in [2.75, 3.05) is 24.6 Å². The van der Waals surface area contributed by atoms with Gasteiger partial charge in [-0.05, 0) is 28.9 Å². The number of benzene rings is 2. The molecule has 4 saturated heterocycles. The van der Waals surface area contributed by atoms with Gasteiger partial charge in [0.1, 0.15) is 6.04 Å². The van der Waals surface area contributed by atoms with Crippen LogP contribution in [-0.4, -0.2) is 59.8 Å². The quantitative estimate of drug-likeness (QED) is 0.0996. The molecule has 218 valence electrons. The number of nitrogens with zero attached hydrogens (tertiary/aromatic N) is 3. The van der Waals surface area contributed by atoms with Crippen molar-refractivity contribution in [2.24, 2.45) is 11.8 Å². The number of piperidine rings is 2. The van der Waals surface area contributed by atoms with Crippen molar-refractivity contribution < 1.29 is 44.3 Å². The van der Waals surface area contributed by atoms with Crippen LogP contribution in [0.2, 0.25) is 0 Å². The molecule has 2 aromatic carbocycles. The number of nitrogens with one attached hydrogen (secondary N) is 1. The molecule has 7 atom stereocenters. The topological polar surface area (TPSA) is 186 Å². The minimum absolute atomic E-state index is 0.113. The molecule has 6 heterocycles. The van der Waals surface area contributed by atoms with Crippen molar-refractivity contribution in [1.29, 1.82) is 0 Å². The van der Waals surface area contributed by atoms with Gasteiger partial charge in [0.2, 0.25) is 11.6 Å². The molecule has 0 aromatic heterocycles. The van der Waals surface area contributed by atoms with Crippen LogP contribution in [0.4, 0.5) is 17.1 Å². The molecule has 9 rings (SSSR count). The van der Waals surface area contributed by atoms with Crippen LogP contribution >= 0.6 is 0 Å².